The van der Waals surface area contributed by atoms with Crippen molar-refractivity contribution >= 4 is 0 Å². The number of aliphatic hydroxyl groups excluding tert-OH is 1. The smallest absolute Gasteiger partial charge is 0.0702 e. The summed E-state index contributed by atoms with van der Waals surface area (Å²) in [5, 5.41) is 9.80. The van der Waals surface area contributed by atoms with E-state index in [9.17, 15) is 5.11 Å². The number of hydrogen-bond donors (Lipinski definition) is 1. The highest BCUT2D eigenvalue weighted by Crippen LogP contribution is 2.19. The molecule has 0 aromatic carbocycles. The van der Waals surface area contributed by atoms with Crippen molar-refractivity contribution in [2.75, 3.05) is 26.2 Å². The van der Waals surface area contributed by atoms with Gasteiger partial charge in [-0.1, -0.05) is 6.92 Å². The topological polar surface area (TPSA) is 32.7 Å². The molecule has 3 nitrogen and oxygen atoms in total. The molecule has 0 bridgehead atoms. The lowest BCUT2D eigenvalue weighted by Crippen LogP contribution is -2.46. The van der Waals surface area contributed by atoms with Crippen LogP contribution in [0.5, 0.6) is 0 Å². The van der Waals surface area contributed by atoms with E-state index in [1.54, 1.807) is 0 Å². The number of hydrogen-bond acceptors (Lipinski definition) is 3. The largest absolute Gasteiger partial charge is 0.392 e. The van der Waals surface area contributed by atoms with Crippen LogP contribution >= 0.6 is 0 Å². The van der Waals surface area contributed by atoms with E-state index in [0.29, 0.717) is 12.0 Å². The molecule has 0 amide bonds. The zero-order valence-corrected chi connectivity index (χ0v) is 9.69. The zero-order chi connectivity index (χ0) is 10.7. The summed E-state index contributed by atoms with van der Waals surface area (Å²) in [6.45, 7) is 6.04. The molecular formula is C12H23NO2. The third-order valence-electron chi connectivity index (χ3n) is 3.74. The Morgan fingerprint density at radius 1 is 1.33 bits per heavy atom. The van der Waals surface area contributed by atoms with Crippen LogP contribution in [0.25, 0.3) is 0 Å². The molecule has 3 heteroatoms. The number of β-amino-alcohol motifs (C(OH)–C–C–N with tert-alkyl or cyclic N) is 1. The Hall–Kier alpha value is -0.120. The zero-order valence-electron chi connectivity index (χ0n) is 9.69. The second kappa shape index (κ2) is 5.28. The molecule has 15 heavy (non-hydrogen) atoms. The van der Waals surface area contributed by atoms with Gasteiger partial charge in [0, 0.05) is 19.7 Å². The molecule has 0 spiro atoms. The summed E-state index contributed by atoms with van der Waals surface area (Å²) in [4.78, 5) is 2.36. The summed E-state index contributed by atoms with van der Waals surface area (Å²) >= 11 is 0. The van der Waals surface area contributed by atoms with Crippen molar-refractivity contribution in [3.05, 3.63) is 0 Å². The molecule has 1 N–H and O–H groups in total. The van der Waals surface area contributed by atoms with Gasteiger partial charge >= 0.3 is 0 Å². The average Bonchev–Trinajstić information content (AvgIpc) is 2.25. The van der Waals surface area contributed by atoms with E-state index in [2.05, 4.69) is 11.8 Å². The third-order valence-corrected chi connectivity index (χ3v) is 3.74. The molecule has 2 aliphatic heterocycles. The Balaban J connectivity index is 1.74. The fraction of sp³-hybridized carbons (Fsp3) is 1.00. The molecule has 0 radical (unpaired) electrons. The van der Waals surface area contributed by atoms with Crippen molar-refractivity contribution in [2.45, 2.75) is 44.8 Å². The second-order valence-electron chi connectivity index (χ2n) is 5.08. The summed E-state index contributed by atoms with van der Waals surface area (Å²) in [7, 11) is 0. The van der Waals surface area contributed by atoms with Crippen LogP contribution in [0, 0.1) is 5.92 Å². The Morgan fingerprint density at radius 3 is 2.87 bits per heavy atom. The van der Waals surface area contributed by atoms with Gasteiger partial charge in [-0.25, -0.2) is 0 Å². The molecule has 0 saturated carbocycles. The summed E-state index contributed by atoms with van der Waals surface area (Å²) in [5.74, 6) is 0.466. The molecule has 2 saturated heterocycles. The first-order chi connectivity index (χ1) is 7.25. The molecule has 2 rings (SSSR count). The number of likely N-dealkylation sites (tertiary alicyclic amines) is 1. The maximum atomic E-state index is 9.80. The van der Waals surface area contributed by atoms with Crippen LogP contribution < -0.4 is 0 Å². The highest BCUT2D eigenvalue weighted by molar-refractivity contribution is 4.79. The summed E-state index contributed by atoms with van der Waals surface area (Å²) < 4.78 is 5.72. The lowest BCUT2D eigenvalue weighted by molar-refractivity contribution is -0.0322. The van der Waals surface area contributed by atoms with Crippen LogP contribution in [0.1, 0.15) is 32.6 Å². The minimum Gasteiger partial charge on any atom is -0.392 e. The van der Waals surface area contributed by atoms with Gasteiger partial charge in [-0.3, -0.25) is 4.90 Å². The summed E-state index contributed by atoms with van der Waals surface area (Å²) in [6.07, 6.45) is 5.12. The normalized spacial score (nSPS) is 39.2. The monoisotopic (exact) mass is 213 g/mol. The lowest BCUT2D eigenvalue weighted by Gasteiger charge is -2.37. The number of nitrogens with zero attached hydrogens (tertiary/aromatic N) is 1. The molecular weight excluding hydrogens is 190 g/mol. The number of ether oxygens (including phenoxy) is 1. The predicted octanol–water partition coefficient (Wildman–Crippen LogP) is 1.26. The minimum atomic E-state index is -0.137. The van der Waals surface area contributed by atoms with Crippen molar-refractivity contribution in [1.82, 2.24) is 4.90 Å². The molecule has 3 unspecified atom stereocenters. The first kappa shape index (κ1) is 11.4. The third kappa shape index (κ3) is 3.16. The maximum absolute atomic E-state index is 9.80. The van der Waals surface area contributed by atoms with Crippen LogP contribution in [0.2, 0.25) is 0 Å². The van der Waals surface area contributed by atoms with Gasteiger partial charge in [0.15, 0.2) is 0 Å². The molecule has 2 fully saturated rings. The van der Waals surface area contributed by atoms with Crippen LogP contribution in [0.15, 0.2) is 0 Å². The molecule has 3 atom stereocenters. The Labute approximate surface area is 92.4 Å². The van der Waals surface area contributed by atoms with Crippen LogP contribution in [-0.2, 0) is 4.74 Å². The van der Waals surface area contributed by atoms with Crippen molar-refractivity contribution in [3.63, 3.8) is 0 Å². The van der Waals surface area contributed by atoms with E-state index in [1.165, 1.54) is 19.3 Å². The molecule has 2 heterocycles. The Bertz CT molecular complexity index is 192. The summed E-state index contributed by atoms with van der Waals surface area (Å²) in [5.41, 5.74) is 0. The Kier molecular flexibility index (Phi) is 4.00. The highest BCUT2D eigenvalue weighted by atomic mass is 16.5. The van der Waals surface area contributed by atoms with Crippen molar-refractivity contribution in [3.8, 4) is 0 Å². The van der Waals surface area contributed by atoms with Gasteiger partial charge in [-0.05, 0) is 38.1 Å². The first-order valence-corrected chi connectivity index (χ1v) is 6.27. The van der Waals surface area contributed by atoms with Crippen LogP contribution in [-0.4, -0.2) is 48.5 Å². The van der Waals surface area contributed by atoms with Crippen molar-refractivity contribution in [2.24, 2.45) is 5.92 Å². The molecule has 0 aliphatic carbocycles. The SMILES string of the molecule is CC1CCN(CC2CCCCO2)CC1O. The van der Waals surface area contributed by atoms with Gasteiger partial charge in [0.25, 0.3) is 0 Å². The molecule has 2 aliphatic rings. The molecule has 0 aromatic heterocycles. The fourth-order valence-corrected chi connectivity index (χ4v) is 2.52. The lowest BCUT2D eigenvalue weighted by atomic mass is 9.95. The van der Waals surface area contributed by atoms with Crippen molar-refractivity contribution < 1.29 is 9.84 Å². The van der Waals surface area contributed by atoms with Crippen LogP contribution in [0.4, 0.5) is 0 Å². The average molecular weight is 213 g/mol. The second-order valence-corrected chi connectivity index (χ2v) is 5.08. The Morgan fingerprint density at radius 2 is 2.20 bits per heavy atom. The van der Waals surface area contributed by atoms with E-state index in [-0.39, 0.29) is 6.10 Å². The van der Waals surface area contributed by atoms with Crippen molar-refractivity contribution in [1.29, 1.82) is 0 Å². The van der Waals surface area contributed by atoms with E-state index >= 15 is 0 Å². The van der Waals surface area contributed by atoms with E-state index < -0.39 is 0 Å². The van der Waals surface area contributed by atoms with Gasteiger partial charge < -0.3 is 9.84 Å². The van der Waals surface area contributed by atoms with Gasteiger partial charge in [0.1, 0.15) is 0 Å². The molecule has 88 valence electrons. The van der Waals surface area contributed by atoms with E-state index in [1.807, 2.05) is 0 Å². The van der Waals surface area contributed by atoms with Crippen LogP contribution in [0.3, 0.4) is 0 Å². The minimum absolute atomic E-state index is 0.137. The van der Waals surface area contributed by atoms with Gasteiger partial charge in [-0.15, -0.1) is 0 Å². The van der Waals surface area contributed by atoms with Gasteiger partial charge in [-0.2, -0.15) is 0 Å². The molecule has 0 aromatic rings. The van der Waals surface area contributed by atoms with Gasteiger partial charge in [0.05, 0.1) is 12.2 Å². The number of piperidine rings is 1. The summed E-state index contributed by atoms with van der Waals surface area (Å²) in [6, 6.07) is 0. The number of aliphatic hydroxyl groups is 1. The van der Waals surface area contributed by atoms with E-state index in [4.69, 9.17) is 4.74 Å². The fourth-order valence-electron chi connectivity index (χ4n) is 2.52. The first-order valence-electron chi connectivity index (χ1n) is 6.27. The standard InChI is InChI=1S/C12H23NO2/c1-10-5-6-13(9-12(10)14)8-11-4-2-3-7-15-11/h10-12,14H,2-9H2,1H3. The predicted molar refractivity (Wildman–Crippen MR) is 59.8 cm³/mol. The quantitative estimate of drug-likeness (QED) is 0.749. The highest BCUT2D eigenvalue weighted by Gasteiger charge is 2.26. The maximum Gasteiger partial charge on any atom is 0.0702 e. The van der Waals surface area contributed by atoms with E-state index in [0.717, 1.165) is 32.7 Å². The van der Waals surface area contributed by atoms with Gasteiger partial charge in [0.2, 0.25) is 0 Å². The number of rotatable bonds is 2.